The van der Waals surface area contributed by atoms with E-state index in [4.69, 9.17) is 27.4 Å². The lowest BCUT2D eigenvalue weighted by Gasteiger charge is -2.11. The SMILES string of the molecule is CCCNC(=O)COc1ccc(C(N)=S)cc1OC. The van der Waals surface area contributed by atoms with Gasteiger partial charge in [-0.15, -0.1) is 0 Å². The molecule has 0 radical (unpaired) electrons. The molecule has 1 amide bonds. The summed E-state index contributed by atoms with van der Waals surface area (Å²) in [6, 6.07) is 5.09. The van der Waals surface area contributed by atoms with Gasteiger partial charge >= 0.3 is 0 Å². The maximum atomic E-state index is 11.4. The zero-order valence-corrected chi connectivity index (χ0v) is 11.9. The Hall–Kier alpha value is -1.82. The van der Waals surface area contributed by atoms with Crippen LogP contribution in [-0.4, -0.2) is 31.2 Å². The van der Waals surface area contributed by atoms with E-state index in [0.717, 1.165) is 6.42 Å². The van der Waals surface area contributed by atoms with Gasteiger partial charge in [0.25, 0.3) is 5.91 Å². The predicted octanol–water partition coefficient (Wildman–Crippen LogP) is 1.23. The van der Waals surface area contributed by atoms with Crippen LogP contribution in [0.25, 0.3) is 0 Å². The predicted molar refractivity (Wildman–Crippen MR) is 77.7 cm³/mol. The van der Waals surface area contributed by atoms with E-state index in [0.29, 0.717) is 23.6 Å². The smallest absolute Gasteiger partial charge is 0.257 e. The van der Waals surface area contributed by atoms with Gasteiger partial charge in [-0.05, 0) is 24.6 Å². The van der Waals surface area contributed by atoms with E-state index >= 15 is 0 Å². The number of methoxy groups -OCH3 is 1. The zero-order chi connectivity index (χ0) is 14.3. The molecular formula is C13H18N2O3S. The van der Waals surface area contributed by atoms with Crippen molar-refractivity contribution in [2.24, 2.45) is 5.73 Å². The van der Waals surface area contributed by atoms with Gasteiger partial charge in [0.05, 0.1) is 7.11 Å². The first-order valence-electron chi connectivity index (χ1n) is 5.95. The summed E-state index contributed by atoms with van der Waals surface area (Å²) < 4.78 is 10.6. The molecule has 0 unspecified atom stereocenters. The lowest BCUT2D eigenvalue weighted by Crippen LogP contribution is -2.29. The van der Waals surface area contributed by atoms with Crippen LogP contribution in [0.15, 0.2) is 18.2 Å². The Balaban J connectivity index is 2.68. The zero-order valence-electron chi connectivity index (χ0n) is 11.1. The molecule has 0 spiro atoms. The molecule has 0 aliphatic rings. The molecule has 6 heteroatoms. The van der Waals surface area contributed by atoms with Gasteiger partial charge in [0, 0.05) is 12.1 Å². The summed E-state index contributed by atoms with van der Waals surface area (Å²) in [6.45, 7) is 2.57. The summed E-state index contributed by atoms with van der Waals surface area (Å²) in [6.07, 6.45) is 0.887. The van der Waals surface area contributed by atoms with Crippen molar-refractivity contribution in [2.75, 3.05) is 20.3 Å². The second-order valence-electron chi connectivity index (χ2n) is 3.87. The molecule has 0 atom stereocenters. The van der Waals surface area contributed by atoms with Crippen LogP contribution >= 0.6 is 12.2 Å². The highest BCUT2D eigenvalue weighted by Crippen LogP contribution is 2.27. The molecule has 0 aliphatic heterocycles. The summed E-state index contributed by atoms with van der Waals surface area (Å²) in [4.78, 5) is 11.7. The van der Waals surface area contributed by atoms with Crippen LogP contribution in [0.2, 0.25) is 0 Å². The molecule has 0 saturated heterocycles. The van der Waals surface area contributed by atoms with Gasteiger partial charge in [-0.3, -0.25) is 4.79 Å². The van der Waals surface area contributed by atoms with Crippen molar-refractivity contribution in [3.05, 3.63) is 23.8 Å². The van der Waals surface area contributed by atoms with Crippen molar-refractivity contribution < 1.29 is 14.3 Å². The first kappa shape index (κ1) is 15.2. The molecule has 104 valence electrons. The van der Waals surface area contributed by atoms with Gasteiger partial charge in [-0.1, -0.05) is 19.1 Å². The van der Waals surface area contributed by atoms with Crippen molar-refractivity contribution in [3.63, 3.8) is 0 Å². The van der Waals surface area contributed by atoms with Gasteiger partial charge in [0.2, 0.25) is 0 Å². The minimum Gasteiger partial charge on any atom is -0.493 e. The van der Waals surface area contributed by atoms with E-state index in [-0.39, 0.29) is 17.5 Å². The van der Waals surface area contributed by atoms with E-state index in [1.807, 2.05) is 6.92 Å². The summed E-state index contributed by atoms with van der Waals surface area (Å²) in [7, 11) is 1.52. The average Bonchev–Trinajstić information content (AvgIpc) is 2.42. The number of hydrogen-bond acceptors (Lipinski definition) is 4. The topological polar surface area (TPSA) is 73.6 Å². The molecule has 0 bridgehead atoms. The van der Waals surface area contributed by atoms with Crippen LogP contribution < -0.4 is 20.5 Å². The van der Waals surface area contributed by atoms with Crippen molar-refractivity contribution in [1.29, 1.82) is 0 Å². The number of rotatable bonds is 7. The summed E-state index contributed by atoms with van der Waals surface area (Å²) in [5, 5.41) is 2.72. The molecule has 5 nitrogen and oxygen atoms in total. The van der Waals surface area contributed by atoms with Crippen LogP contribution in [0, 0.1) is 0 Å². The molecule has 0 aliphatic carbocycles. The summed E-state index contributed by atoms with van der Waals surface area (Å²) in [5.41, 5.74) is 6.22. The van der Waals surface area contributed by atoms with E-state index in [2.05, 4.69) is 5.32 Å². The van der Waals surface area contributed by atoms with Gasteiger partial charge in [-0.2, -0.15) is 0 Å². The molecule has 0 heterocycles. The number of ether oxygens (including phenoxy) is 2. The fourth-order valence-electron chi connectivity index (χ4n) is 1.40. The van der Waals surface area contributed by atoms with Crippen LogP contribution in [0.3, 0.4) is 0 Å². The molecule has 1 rings (SSSR count). The van der Waals surface area contributed by atoms with Crippen molar-refractivity contribution in [3.8, 4) is 11.5 Å². The van der Waals surface area contributed by atoms with Crippen molar-refractivity contribution >= 4 is 23.1 Å². The first-order valence-corrected chi connectivity index (χ1v) is 6.36. The maximum Gasteiger partial charge on any atom is 0.257 e. The number of carbonyl (C=O) groups is 1. The summed E-state index contributed by atoms with van der Waals surface area (Å²) in [5.74, 6) is 0.810. The maximum absolute atomic E-state index is 11.4. The molecular weight excluding hydrogens is 264 g/mol. The van der Waals surface area contributed by atoms with Crippen LogP contribution in [-0.2, 0) is 4.79 Å². The Bertz CT molecular complexity index is 463. The average molecular weight is 282 g/mol. The Morgan fingerprint density at radius 3 is 2.74 bits per heavy atom. The highest BCUT2D eigenvalue weighted by Gasteiger charge is 2.09. The number of carbonyl (C=O) groups excluding carboxylic acids is 1. The van der Waals surface area contributed by atoms with Crippen LogP contribution in [0.5, 0.6) is 11.5 Å². The highest BCUT2D eigenvalue weighted by molar-refractivity contribution is 7.80. The molecule has 0 saturated carbocycles. The quantitative estimate of drug-likeness (QED) is 0.736. The minimum absolute atomic E-state index is 0.0528. The van der Waals surface area contributed by atoms with Gasteiger partial charge < -0.3 is 20.5 Å². The molecule has 1 aromatic carbocycles. The van der Waals surface area contributed by atoms with E-state index < -0.39 is 0 Å². The van der Waals surface area contributed by atoms with E-state index in [1.165, 1.54) is 7.11 Å². The van der Waals surface area contributed by atoms with Crippen LogP contribution in [0.4, 0.5) is 0 Å². The lowest BCUT2D eigenvalue weighted by atomic mass is 10.2. The summed E-state index contributed by atoms with van der Waals surface area (Å²) >= 11 is 4.88. The van der Waals surface area contributed by atoms with Crippen molar-refractivity contribution in [1.82, 2.24) is 5.32 Å². The second kappa shape index (κ2) is 7.58. The standard InChI is InChI=1S/C13H18N2O3S/c1-3-6-15-12(16)8-18-10-5-4-9(13(14)19)7-11(10)17-2/h4-5,7H,3,6,8H2,1-2H3,(H2,14,19)(H,15,16). The molecule has 19 heavy (non-hydrogen) atoms. The molecule has 3 N–H and O–H groups in total. The van der Waals surface area contributed by atoms with Gasteiger partial charge in [0.15, 0.2) is 18.1 Å². The second-order valence-corrected chi connectivity index (χ2v) is 4.31. The van der Waals surface area contributed by atoms with Crippen molar-refractivity contribution in [2.45, 2.75) is 13.3 Å². The fraction of sp³-hybridized carbons (Fsp3) is 0.385. The third-order valence-electron chi connectivity index (χ3n) is 2.38. The number of nitrogens with one attached hydrogen (secondary N) is 1. The Morgan fingerprint density at radius 2 is 2.16 bits per heavy atom. The minimum atomic E-state index is -0.165. The molecule has 0 fully saturated rings. The normalized spacial score (nSPS) is 9.79. The first-order chi connectivity index (χ1) is 9.08. The lowest BCUT2D eigenvalue weighted by molar-refractivity contribution is -0.123. The largest absolute Gasteiger partial charge is 0.493 e. The molecule has 1 aromatic rings. The third kappa shape index (κ3) is 4.75. The Labute approximate surface area is 118 Å². The number of amides is 1. The van der Waals surface area contributed by atoms with E-state index in [1.54, 1.807) is 18.2 Å². The highest BCUT2D eigenvalue weighted by atomic mass is 32.1. The fourth-order valence-corrected chi connectivity index (χ4v) is 1.53. The molecule has 0 aromatic heterocycles. The Morgan fingerprint density at radius 1 is 1.42 bits per heavy atom. The Kier molecular flexibility index (Phi) is 6.08. The monoisotopic (exact) mass is 282 g/mol. The number of nitrogens with two attached hydrogens (primary N) is 1. The number of benzene rings is 1. The third-order valence-corrected chi connectivity index (χ3v) is 2.61. The van der Waals surface area contributed by atoms with Gasteiger partial charge in [-0.25, -0.2) is 0 Å². The van der Waals surface area contributed by atoms with Gasteiger partial charge in [0.1, 0.15) is 4.99 Å². The van der Waals surface area contributed by atoms with E-state index in [9.17, 15) is 4.79 Å². The number of hydrogen-bond donors (Lipinski definition) is 2. The van der Waals surface area contributed by atoms with Crippen LogP contribution in [0.1, 0.15) is 18.9 Å². The number of thiocarbonyl (C=S) groups is 1.